The van der Waals surface area contributed by atoms with Crippen LogP contribution in [0.4, 0.5) is 0 Å². The van der Waals surface area contributed by atoms with Crippen molar-refractivity contribution in [3.63, 3.8) is 0 Å². The molecule has 1 fully saturated rings. The molecular weight excluding hydrogens is 565 g/mol. The van der Waals surface area contributed by atoms with E-state index >= 15 is 0 Å². The maximum atomic E-state index is 13.5. The summed E-state index contributed by atoms with van der Waals surface area (Å²) in [4.78, 5) is 29.3. The standard InChI is InChI=1S/C25H23Cl2N7O4S/c26-16-9-7-15(8-10-16)22-18(17-5-1-2-6-19(17)27)13-29-23-21(24(36)31-33-11-3-4-12-33)25(32-34(22)23)39(37,38)30-14-20(28)35/h1-2,5-10,13,30H,3-4,11-12,14H2,(H2,28,35)(H,31,36). The summed E-state index contributed by atoms with van der Waals surface area (Å²) in [5, 5.41) is 6.40. The molecule has 2 aromatic heterocycles. The van der Waals surface area contributed by atoms with Gasteiger partial charge in [0, 0.05) is 46.0 Å². The molecule has 39 heavy (non-hydrogen) atoms. The number of nitrogens with zero attached hydrogens (tertiary/aromatic N) is 4. The minimum Gasteiger partial charge on any atom is -0.369 e. The lowest BCUT2D eigenvalue weighted by Crippen LogP contribution is -2.41. The van der Waals surface area contributed by atoms with Crippen molar-refractivity contribution in [1.29, 1.82) is 0 Å². The third kappa shape index (κ3) is 5.47. The Morgan fingerprint density at radius 1 is 1.00 bits per heavy atom. The number of aromatic nitrogens is 3. The summed E-state index contributed by atoms with van der Waals surface area (Å²) < 4.78 is 30.0. The van der Waals surface area contributed by atoms with Crippen LogP contribution in [0.25, 0.3) is 28.0 Å². The van der Waals surface area contributed by atoms with Gasteiger partial charge in [-0.05, 0) is 31.0 Å². The van der Waals surface area contributed by atoms with Gasteiger partial charge in [-0.2, -0.15) is 5.10 Å². The molecule has 2 aromatic carbocycles. The fourth-order valence-electron chi connectivity index (χ4n) is 4.38. The van der Waals surface area contributed by atoms with Gasteiger partial charge in [0.2, 0.25) is 10.9 Å². The molecule has 0 aliphatic carbocycles. The third-order valence-electron chi connectivity index (χ3n) is 6.18. The van der Waals surface area contributed by atoms with E-state index in [4.69, 9.17) is 28.9 Å². The predicted molar refractivity (Wildman–Crippen MR) is 147 cm³/mol. The number of sulfonamides is 1. The second-order valence-corrected chi connectivity index (χ2v) is 11.4. The number of primary amides is 1. The summed E-state index contributed by atoms with van der Waals surface area (Å²) >= 11 is 12.7. The van der Waals surface area contributed by atoms with Crippen LogP contribution in [0.1, 0.15) is 23.2 Å². The lowest BCUT2D eigenvalue weighted by atomic mass is 10.0. The third-order valence-corrected chi connectivity index (χ3v) is 8.08. The number of hydrazine groups is 1. The van der Waals surface area contributed by atoms with Gasteiger partial charge < -0.3 is 5.73 Å². The SMILES string of the molecule is NC(=O)CNS(=O)(=O)c1nn2c(-c3ccc(Cl)cc3)c(-c3ccccc3Cl)cnc2c1C(=O)NN1CCCC1. The molecule has 3 heterocycles. The summed E-state index contributed by atoms with van der Waals surface area (Å²) in [5.74, 6) is -1.60. The van der Waals surface area contributed by atoms with Gasteiger partial charge in [-0.3, -0.25) is 15.0 Å². The van der Waals surface area contributed by atoms with Crippen LogP contribution in [0.5, 0.6) is 0 Å². The Hall–Kier alpha value is -3.55. The van der Waals surface area contributed by atoms with Crippen molar-refractivity contribution in [2.45, 2.75) is 17.9 Å². The minimum atomic E-state index is -4.47. The molecule has 0 spiro atoms. The number of fused-ring (bicyclic) bond motifs is 1. The molecule has 1 aliphatic heterocycles. The highest BCUT2D eigenvalue weighted by Crippen LogP contribution is 2.37. The molecular formula is C25H23Cl2N7O4S. The van der Waals surface area contributed by atoms with Gasteiger partial charge in [0.05, 0.1) is 12.2 Å². The number of benzene rings is 2. The van der Waals surface area contributed by atoms with Gasteiger partial charge in [-0.1, -0.05) is 53.5 Å². The number of carbonyl (C=O) groups excluding carboxylic acids is 2. The molecule has 0 bridgehead atoms. The van der Waals surface area contributed by atoms with Crippen molar-refractivity contribution in [3.8, 4) is 22.4 Å². The summed E-state index contributed by atoms with van der Waals surface area (Å²) in [6.45, 7) is 0.561. The van der Waals surface area contributed by atoms with Gasteiger partial charge in [0.15, 0.2) is 5.65 Å². The van der Waals surface area contributed by atoms with Crippen molar-refractivity contribution < 1.29 is 18.0 Å². The van der Waals surface area contributed by atoms with Crippen molar-refractivity contribution in [1.82, 2.24) is 29.8 Å². The second kappa shape index (κ2) is 10.9. The van der Waals surface area contributed by atoms with Crippen LogP contribution in [0.2, 0.25) is 10.0 Å². The Labute approximate surface area is 233 Å². The molecule has 4 aromatic rings. The Morgan fingerprint density at radius 3 is 2.36 bits per heavy atom. The first-order chi connectivity index (χ1) is 18.7. The molecule has 1 aliphatic rings. The van der Waals surface area contributed by atoms with E-state index in [2.05, 4.69) is 20.2 Å². The van der Waals surface area contributed by atoms with E-state index in [9.17, 15) is 18.0 Å². The summed E-state index contributed by atoms with van der Waals surface area (Å²) in [7, 11) is -4.47. The average molecular weight is 588 g/mol. The van der Waals surface area contributed by atoms with Crippen LogP contribution in [0.3, 0.4) is 0 Å². The second-order valence-electron chi connectivity index (χ2n) is 8.85. The maximum Gasteiger partial charge on any atom is 0.272 e. The van der Waals surface area contributed by atoms with Gasteiger partial charge in [-0.15, -0.1) is 0 Å². The van der Waals surface area contributed by atoms with Crippen molar-refractivity contribution in [2.24, 2.45) is 5.73 Å². The van der Waals surface area contributed by atoms with Crippen LogP contribution in [-0.4, -0.2) is 59.5 Å². The fourth-order valence-corrected chi connectivity index (χ4v) is 5.85. The lowest BCUT2D eigenvalue weighted by Gasteiger charge is -2.16. The zero-order chi connectivity index (χ0) is 27.7. The van der Waals surface area contributed by atoms with E-state index in [0.717, 1.165) is 12.8 Å². The lowest BCUT2D eigenvalue weighted by molar-refractivity contribution is -0.116. The Bertz CT molecular complexity index is 1680. The molecule has 0 atom stereocenters. The molecule has 1 saturated heterocycles. The van der Waals surface area contributed by atoms with Crippen LogP contribution >= 0.6 is 23.2 Å². The molecule has 4 N–H and O–H groups in total. The zero-order valence-corrected chi connectivity index (χ0v) is 22.7. The van der Waals surface area contributed by atoms with Crippen LogP contribution in [0.15, 0.2) is 59.8 Å². The number of nitrogens with two attached hydrogens (primary N) is 1. The summed E-state index contributed by atoms with van der Waals surface area (Å²) in [6, 6.07) is 13.9. The smallest absolute Gasteiger partial charge is 0.272 e. The predicted octanol–water partition coefficient (Wildman–Crippen LogP) is 2.87. The van der Waals surface area contributed by atoms with Gasteiger partial charge in [0.25, 0.3) is 15.9 Å². The first-order valence-electron chi connectivity index (χ1n) is 11.9. The van der Waals surface area contributed by atoms with E-state index in [1.807, 2.05) is 0 Å². The highest BCUT2D eigenvalue weighted by Gasteiger charge is 2.33. The van der Waals surface area contributed by atoms with E-state index in [1.54, 1.807) is 53.5 Å². The summed E-state index contributed by atoms with van der Waals surface area (Å²) in [6.07, 6.45) is 3.29. The van der Waals surface area contributed by atoms with Gasteiger partial charge in [-0.25, -0.2) is 27.6 Å². The van der Waals surface area contributed by atoms with Gasteiger partial charge >= 0.3 is 0 Å². The van der Waals surface area contributed by atoms with Crippen LogP contribution in [-0.2, 0) is 14.8 Å². The topological polar surface area (TPSA) is 152 Å². The van der Waals surface area contributed by atoms with E-state index in [0.29, 0.717) is 45.5 Å². The number of amides is 2. The van der Waals surface area contributed by atoms with Crippen molar-refractivity contribution >= 4 is 50.7 Å². The minimum absolute atomic E-state index is 0.00750. The Morgan fingerprint density at radius 2 is 1.69 bits per heavy atom. The number of nitrogens with one attached hydrogen (secondary N) is 2. The monoisotopic (exact) mass is 587 g/mol. The highest BCUT2D eigenvalue weighted by molar-refractivity contribution is 7.89. The molecule has 0 saturated carbocycles. The quantitative estimate of drug-likeness (QED) is 0.286. The molecule has 0 radical (unpaired) electrons. The van der Waals surface area contributed by atoms with Gasteiger partial charge in [0.1, 0.15) is 5.56 Å². The fraction of sp³-hybridized carbons (Fsp3) is 0.200. The number of carbonyl (C=O) groups is 2. The Kier molecular flexibility index (Phi) is 7.56. The van der Waals surface area contributed by atoms with Crippen molar-refractivity contribution in [2.75, 3.05) is 19.6 Å². The van der Waals surface area contributed by atoms with Crippen LogP contribution in [0, 0.1) is 0 Å². The summed E-state index contributed by atoms with van der Waals surface area (Å²) in [5.41, 5.74) is 9.83. The number of hydrogen-bond acceptors (Lipinski definition) is 7. The molecule has 11 nitrogen and oxygen atoms in total. The molecule has 14 heteroatoms. The molecule has 0 unspecified atom stereocenters. The molecule has 202 valence electrons. The van der Waals surface area contributed by atoms with E-state index < -0.39 is 33.4 Å². The normalized spacial score (nSPS) is 14.1. The largest absolute Gasteiger partial charge is 0.369 e. The highest BCUT2D eigenvalue weighted by atomic mass is 35.5. The number of halogens is 2. The maximum absolute atomic E-state index is 13.5. The van der Waals surface area contributed by atoms with Crippen LogP contribution < -0.4 is 15.9 Å². The molecule has 2 amide bonds. The first-order valence-corrected chi connectivity index (χ1v) is 14.2. The van der Waals surface area contributed by atoms with Crippen molar-refractivity contribution in [3.05, 3.63) is 70.3 Å². The number of hydrogen-bond donors (Lipinski definition) is 3. The Balaban J connectivity index is 1.80. The molecule has 5 rings (SSSR count). The van der Waals surface area contributed by atoms with E-state index in [-0.39, 0.29) is 11.2 Å². The zero-order valence-electron chi connectivity index (χ0n) is 20.4. The van der Waals surface area contributed by atoms with E-state index in [1.165, 1.54) is 10.7 Å². The number of rotatable bonds is 8. The first kappa shape index (κ1) is 27.0. The average Bonchev–Trinajstić information content (AvgIpc) is 3.56.